The molecule has 9 heteroatoms. The third-order valence-electron chi connectivity index (χ3n) is 2.56. The zero-order chi connectivity index (χ0) is 17.3. The molecule has 0 saturated heterocycles. The quantitative estimate of drug-likeness (QED) is 0.575. The largest absolute Gasteiger partial charge is 0.735 e. The molecule has 0 aromatic heterocycles. The molecule has 0 spiro atoms. The van der Waals surface area contributed by atoms with Gasteiger partial charge in [-0.1, -0.05) is 6.92 Å². The van der Waals surface area contributed by atoms with Crippen molar-refractivity contribution in [1.29, 1.82) is 0 Å². The molecule has 2 atom stereocenters. The number of rotatable bonds is 9. The van der Waals surface area contributed by atoms with Gasteiger partial charge >= 0.3 is 8.80 Å². The van der Waals surface area contributed by atoms with Crippen molar-refractivity contribution in [3.05, 3.63) is 0 Å². The number of carbonyl (C=O) groups excluding carboxylic acids is 3. The van der Waals surface area contributed by atoms with Crippen LogP contribution in [0.1, 0.15) is 41.0 Å². The van der Waals surface area contributed by atoms with Gasteiger partial charge in [-0.25, -0.2) is 0 Å². The van der Waals surface area contributed by atoms with Crippen LogP contribution in [0.4, 0.5) is 0 Å². The molecule has 8 nitrogen and oxygen atoms in total. The Bertz CT molecular complexity index is 357. The molecule has 0 heterocycles. The van der Waals surface area contributed by atoms with E-state index in [9.17, 15) is 14.4 Å². The van der Waals surface area contributed by atoms with Crippen molar-refractivity contribution >= 4 is 26.7 Å². The molecule has 0 aliphatic heterocycles. The van der Waals surface area contributed by atoms with E-state index in [1.807, 2.05) is 0 Å². The maximum absolute atomic E-state index is 11.4. The van der Waals surface area contributed by atoms with Crippen LogP contribution in [0.2, 0.25) is 0 Å². The third-order valence-corrected chi connectivity index (χ3v) is 5.64. The van der Waals surface area contributed by atoms with Gasteiger partial charge in [-0.15, -0.1) is 0 Å². The minimum absolute atomic E-state index is 0.160. The van der Waals surface area contributed by atoms with Crippen molar-refractivity contribution in [3.63, 3.8) is 0 Å². The Hall–Kier alpha value is -1.45. The molecule has 0 radical (unpaired) electrons. The molecule has 0 rings (SSSR count). The minimum Gasteiger partial charge on any atom is -0.454 e. The SMILES string of the molecule is CCC(OCC(C)OC)[Si](OC(C)=O)(OC(C)=O)OC(C)=O. The summed E-state index contributed by atoms with van der Waals surface area (Å²) in [6, 6.07) is 0. The van der Waals surface area contributed by atoms with Gasteiger partial charge in [0.1, 0.15) is 0 Å². The molecule has 0 aromatic carbocycles. The highest BCUT2D eigenvalue weighted by molar-refractivity contribution is 6.66. The highest BCUT2D eigenvalue weighted by atomic mass is 28.4. The molecule has 0 bridgehead atoms. The highest BCUT2D eigenvalue weighted by Crippen LogP contribution is 2.22. The topological polar surface area (TPSA) is 97.4 Å². The Balaban J connectivity index is 5.45. The molecule has 0 fully saturated rings. The van der Waals surface area contributed by atoms with E-state index < -0.39 is 32.4 Å². The van der Waals surface area contributed by atoms with Crippen LogP contribution >= 0.6 is 0 Å². The molecule has 0 aliphatic carbocycles. The fraction of sp³-hybridized carbons (Fsp3) is 0.769. The van der Waals surface area contributed by atoms with E-state index >= 15 is 0 Å². The number of ether oxygens (including phenoxy) is 2. The van der Waals surface area contributed by atoms with E-state index in [0.717, 1.165) is 20.8 Å². The van der Waals surface area contributed by atoms with E-state index in [0.29, 0.717) is 6.42 Å². The Morgan fingerprint density at radius 2 is 1.36 bits per heavy atom. The lowest BCUT2D eigenvalue weighted by Crippen LogP contribution is -2.60. The lowest BCUT2D eigenvalue weighted by Gasteiger charge is -2.32. The van der Waals surface area contributed by atoms with Crippen LogP contribution in [0, 0.1) is 0 Å². The van der Waals surface area contributed by atoms with Gasteiger partial charge in [0.05, 0.1) is 12.7 Å². The van der Waals surface area contributed by atoms with Gasteiger partial charge in [0.25, 0.3) is 17.9 Å². The van der Waals surface area contributed by atoms with Crippen LogP contribution < -0.4 is 0 Å². The summed E-state index contributed by atoms with van der Waals surface area (Å²) in [5.74, 6) is -2.18. The van der Waals surface area contributed by atoms with Crippen LogP contribution in [0.25, 0.3) is 0 Å². The van der Waals surface area contributed by atoms with Gasteiger partial charge in [0.2, 0.25) is 0 Å². The van der Waals surface area contributed by atoms with Crippen LogP contribution in [-0.4, -0.2) is 52.3 Å². The Labute approximate surface area is 131 Å². The first-order chi connectivity index (χ1) is 10.2. The average Bonchev–Trinajstić information content (AvgIpc) is 2.36. The summed E-state index contributed by atoms with van der Waals surface area (Å²) in [5, 5.41) is 0. The summed E-state index contributed by atoms with van der Waals surface area (Å²) in [6.07, 6.45) is 0.0870. The molecule has 0 aromatic rings. The lowest BCUT2D eigenvalue weighted by atomic mass is 10.4. The molecule has 0 N–H and O–H groups in total. The van der Waals surface area contributed by atoms with Crippen LogP contribution in [0.3, 0.4) is 0 Å². The van der Waals surface area contributed by atoms with Crippen molar-refractivity contribution in [2.45, 2.75) is 52.9 Å². The second kappa shape index (κ2) is 9.54. The smallest absolute Gasteiger partial charge is 0.454 e. The Morgan fingerprint density at radius 1 is 0.955 bits per heavy atom. The van der Waals surface area contributed by atoms with Crippen LogP contribution in [0.15, 0.2) is 0 Å². The molecule has 2 unspecified atom stereocenters. The molecule has 128 valence electrons. The highest BCUT2D eigenvalue weighted by Gasteiger charge is 2.60. The number of methoxy groups -OCH3 is 1. The molecular weight excluding hydrogens is 312 g/mol. The van der Waals surface area contributed by atoms with Gasteiger partial charge in [-0.2, -0.15) is 0 Å². The zero-order valence-electron chi connectivity index (χ0n) is 13.8. The van der Waals surface area contributed by atoms with Crippen molar-refractivity contribution in [2.75, 3.05) is 13.7 Å². The second-order valence-electron chi connectivity index (χ2n) is 4.66. The number of carbonyl (C=O) groups is 3. The predicted octanol–water partition coefficient (Wildman–Crippen LogP) is 0.984. The zero-order valence-corrected chi connectivity index (χ0v) is 14.8. The molecule has 0 saturated carbocycles. The van der Waals surface area contributed by atoms with Crippen LogP contribution in [-0.2, 0) is 37.1 Å². The minimum atomic E-state index is -4.02. The summed E-state index contributed by atoms with van der Waals surface area (Å²) in [4.78, 5) is 34.2. The predicted molar refractivity (Wildman–Crippen MR) is 77.6 cm³/mol. The third kappa shape index (κ3) is 7.01. The van der Waals surface area contributed by atoms with E-state index in [1.54, 1.807) is 13.8 Å². The Kier molecular flexibility index (Phi) is 8.91. The van der Waals surface area contributed by atoms with E-state index in [1.165, 1.54) is 7.11 Å². The first kappa shape index (κ1) is 20.5. The summed E-state index contributed by atoms with van der Waals surface area (Å²) < 4.78 is 26.1. The van der Waals surface area contributed by atoms with E-state index in [2.05, 4.69) is 0 Å². The number of hydrogen-bond donors (Lipinski definition) is 0. The van der Waals surface area contributed by atoms with Gasteiger partial charge in [0, 0.05) is 27.9 Å². The van der Waals surface area contributed by atoms with Gasteiger partial charge in [-0.3, -0.25) is 14.4 Å². The number of hydrogen-bond acceptors (Lipinski definition) is 8. The molecular formula is C13H24O8Si. The average molecular weight is 336 g/mol. The van der Waals surface area contributed by atoms with Crippen molar-refractivity contribution in [1.82, 2.24) is 0 Å². The molecule has 0 aliphatic rings. The fourth-order valence-electron chi connectivity index (χ4n) is 1.65. The van der Waals surface area contributed by atoms with Crippen molar-refractivity contribution < 1.29 is 37.1 Å². The maximum Gasteiger partial charge on any atom is 0.735 e. The summed E-state index contributed by atoms with van der Waals surface area (Å²) in [6.45, 7) is 7.09. The monoisotopic (exact) mass is 336 g/mol. The standard InChI is InChI=1S/C13H24O8Si/c1-7-13(18-8-9(2)17-6)22(19-10(3)14,20-11(4)15)21-12(5)16/h9,13H,7-8H2,1-6H3. The Morgan fingerprint density at radius 3 is 1.64 bits per heavy atom. The lowest BCUT2D eigenvalue weighted by molar-refractivity contribution is -0.152. The summed E-state index contributed by atoms with van der Waals surface area (Å²) in [7, 11) is -2.50. The van der Waals surface area contributed by atoms with Gasteiger partial charge in [0.15, 0.2) is 5.73 Å². The molecule has 22 heavy (non-hydrogen) atoms. The second-order valence-corrected chi connectivity index (χ2v) is 7.12. The van der Waals surface area contributed by atoms with E-state index in [4.69, 9.17) is 22.8 Å². The molecule has 0 amide bonds. The first-order valence-electron chi connectivity index (χ1n) is 6.90. The fourth-order valence-corrected chi connectivity index (χ4v) is 4.17. The summed E-state index contributed by atoms with van der Waals surface area (Å²) in [5.41, 5.74) is -0.859. The van der Waals surface area contributed by atoms with Crippen molar-refractivity contribution in [2.24, 2.45) is 0 Å². The van der Waals surface area contributed by atoms with Gasteiger partial charge < -0.3 is 22.8 Å². The summed E-state index contributed by atoms with van der Waals surface area (Å²) >= 11 is 0. The normalized spacial score (nSPS) is 13.9. The van der Waals surface area contributed by atoms with Crippen molar-refractivity contribution in [3.8, 4) is 0 Å². The van der Waals surface area contributed by atoms with Crippen LogP contribution in [0.5, 0.6) is 0 Å². The van der Waals surface area contributed by atoms with E-state index in [-0.39, 0.29) is 12.7 Å². The maximum atomic E-state index is 11.4. The first-order valence-corrected chi connectivity index (χ1v) is 8.70. The van der Waals surface area contributed by atoms with Gasteiger partial charge in [-0.05, 0) is 13.3 Å².